The summed E-state index contributed by atoms with van der Waals surface area (Å²) in [5.41, 5.74) is 4.01. The number of likely N-dealkylation sites (N-methyl/N-ethyl adjacent to an activating group) is 1. The van der Waals surface area contributed by atoms with Gasteiger partial charge in [-0.05, 0) is 12.1 Å². The number of hydrogen-bond donors (Lipinski definition) is 2. The number of nitrogens with zero attached hydrogens (tertiary/aromatic N) is 4. The number of aromatic amines is 1. The lowest BCUT2D eigenvalue weighted by atomic mass is 10.1. The molecular formula is C20H29ClN6O. The summed E-state index contributed by atoms with van der Waals surface area (Å²) in [6.45, 7) is 7.39. The summed E-state index contributed by atoms with van der Waals surface area (Å²) < 4.78 is 0. The van der Waals surface area contributed by atoms with Crippen LogP contribution >= 0.6 is 12.4 Å². The minimum atomic E-state index is 0. The lowest BCUT2D eigenvalue weighted by Crippen LogP contribution is -2.48. The van der Waals surface area contributed by atoms with Crippen LogP contribution in [-0.2, 0) is 13.0 Å². The molecule has 0 saturated carbocycles. The summed E-state index contributed by atoms with van der Waals surface area (Å²) in [5, 5.41) is 10.6. The Hall–Kier alpha value is -2.09. The van der Waals surface area contributed by atoms with Crippen molar-refractivity contribution in [2.45, 2.75) is 13.0 Å². The lowest BCUT2D eigenvalue weighted by Gasteiger charge is -2.36. The number of para-hydroxylation sites is 1. The number of halogens is 1. The molecule has 0 unspecified atom stereocenters. The highest BCUT2D eigenvalue weighted by Crippen LogP contribution is 2.17. The zero-order valence-electron chi connectivity index (χ0n) is 16.4. The molecule has 1 fully saturated rings. The van der Waals surface area contributed by atoms with E-state index in [-0.39, 0.29) is 18.3 Å². The number of anilines is 1. The molecule has 1 saturated heterocycles. The smallest absolute Gasteiger partial charge is 0.274 e. The number of aromatic nitrogens is 2. The van der Waals surface area contributed by atoms with Crippen LogP contribution in [0, 0.1) is 0 Å². The maximum absolute atomic E-state index is 12.8. The van der Waals surface area contributed by atoms with Gasteiger partial charge in [-0.15, -0.1) is 12.4 Å². The monoisotopic (exact) mass is 404 g/mol. The van der Waals surface area contributed by atoms with Gasteiger partial charge < -0.3 is 15.1 Å². The van der Waals surface area contributed by atoms with Crippen LogP contribution in [-0.4, -0.2) is 78.8 Å². The molecule has 0 radical (unpaired) electrons. The molecule has 0 bridgehead atoms. The SMILES string of the molecule is CN(CCN1CCN(c2ccccc2)CC1)C(=O)c1n[nH]c2c1CNCC2.Cl. The van der Waals surface area contributed by atoms with E-state index in [1.807, 2.05) is 7.05 Å². The molecule has 2 N–H and O–H groups in total. The number of carbonyl (C=O) groups is 1. The van der Waals surface area contributed by atoms with Crippen molar-refractivity contribution >= 4 is 24.0 Å². The van der Waals surface area contributed by atoms with Gasteiger partial charge >= 0.3 is 0 Å². The molecule has 152 valence electrons. The number of fused-ring (bicyclic) bond motifs is 1. The third-order valence-corrected chi connectivity index (χ3v) is 5.60. The van der Waals surface area contributed by atoms with E-state index in [2.05, 4.69) is 55.6 Å². The summed E-state index contributed by atoms with van der Waals surface area (Å²) in [4.78, 5) is 19.4. The normalized spacial score (nSPS) is 17.0. The van der Waals surface area contributed by atoms with Crippen molar-refractivity contribution in [1.29, 1.82) is 0 Å². The molecule has 0 atom stereocenters. The molecule has 7 nitrogen and oxygen atoms in total. The van der Waals surface area contributed by atoms with Crippen LogP contribution in [0.15, 0.2) is 30.3 Å². The Bertz CT molecular complexity index is 772. The number of hydrogen-bond acceptors (Lipinski definition) is 5. The van der Waals surface area contributed by atoms with Gasteiger partial charge in [0.2, 0.25) is 0 Å². The first-order valence-corrected chi connectivity index (χ1v) is 9.77. The fourth-order valence-electron chi connectivity index (χ4n) is 3.84. The molecule has 2 aliphatic heterocycles. The van der Waals surface area contributed by atoms with E-state index in [4.69, 9.17) is 0 Å². The topological polar surface area (TPSA) is 67.5 Å². The lowest BCUT2D eigenvalue weighted by molar-refractivity contribution is 0.0769. The van der Waals surface area contributed by atoms with E-state index >= 15 is 0 Å². The largest absolute Gasteiger partial charge is 0.369 e. The predicted molar refractivity (Wildman–Crippen MR) is 113 cm³/mol. The molecule has 8 heteroatoms. The van der Waals surface area contributed by atoms with Crippen molar-refractivity contribution in [3.8, 4) is 0 Å². The van der Waals surface area contributed by atoms with Crippen molar-refractivity contribution in [3.05, 3.63) is 47.3 Å². The average molecular weight is 405 g/mol. The van der Waals surface area contributed by atoms with Crippen LogP contribution in [0.3, 0.4) is 0 Å². The van der Waals surface area contributed by atoms with Crippen molar-refractivity contribution in [2.24, 2.45) is 0 Å². The van der Waals surface area contributed by atoms with Crippen LogP contribution in [0.2, 0.25) is 0 Å². The second-order valence-electron chi connectivity index (χ2n) is 7.35. The zero-order valence-corrected chi connectivity index (χ0v) is 17.2. The third kappa shape index (κ3) is 4.48. The van der Waals surface area contributed by atoms with Gasteiger partial charge in [0.15, 0.2) is 5.69 Å². The summed E-state index contributed by atoms with van der Waals surface area (Å²) >= 11 is 0. The van der Waals surface area contributed by atoms with Gasteiger partial charge in [-0.3, -0.25) is 14.8 Å². The molecule has 4 rings (SSSR count). The van der Waals surface area contributed by atoms with Crippen LogP contribution in [0.5, 0.6) is 0 Å². The number of nitrogens with one attached hydrogen (secondary N) is 2. The predicted octanol–water partition coefficient (Wildman–Crippen LogP) is 1.37. The average Bonchev–Trinajstić information content (AvgIpc) is 3.16. The van der Waals surface area contributed by atoms with Gasteiger partial charge in [-0.2, -0.15) is 5.10 Å². The second-order valence-corrected chi connectivity index (χ2v) is 7.35. The van der Waals surface area contributed by atoms with Crippen molar-refractivity contribution in [3.63, 3.8) is 0 Å². The van der Waals surface area contributed by atoms with Gasteiger partial charge in [0, 0.05) is 82.8 Å². The molecule has 1 aromatic heterocycles. The fraction of sp³-hybridized carbons (Fsp3) is 0.500. The maximum Gasteiger partial charge on any atom is 0.274 e. The number of H-pyrrole nitrogens is 1. The van der Waals surface area contributed by atoms with Gasteiger partial charge in [0.1, 0.15) is 0 Å². The first-order chi connectivity index (χ1) is 13.2. The molecule has 28 heavy (non-hydrogen) atoms. The first-order valence-electron chi connectivity index (χ1n) is 9.77. The van der Waals surface area contributed by atoms with Crippen LogP contribution in [0.25, 0.3) is 0 Å². The summed E-state index contributed by atoms with van der Waals surface area (Å²) in [7, 11) is 1.87. The summed E-state index contributed by atoms with van der Waals surface area (Å²) in [5.74, 6) is 0.0131. The molecular weight excluding hydrogens is 376 g/mol. The Kier molecular flexibility index (Phi) is 6.93. The Morgan fingerprint density at radius 3 is 2.68 bits per heavy atom. The molecule has 0 aliphatic carbocycles. The number of rotatable bonds is 5. The van der Waals surface area contributed by atoms with Crippen molar-refractivity contribution in [1.82, 2.24) is 25.3 Å². The van der Waals surface area contributed by atoms with Crippen LogP contribution in [0.4, 0.5) is 5.69 Å². The minimum absolute atomic E-state index is 0. The molecule has 1 amide bonds. The molecule has 1 aromatic carbocycles. The van der Waals surface area contributed by atoms with E-state index in [0.717, 1.165) is 70.0 Å². The minimum Gasteiger partial charge on any atom is -0.369 e. The van der Waals surface area contributed by atoms with E-state index in [1.54, 1.807) is 4.90 Å². The van der Waals surface area contributed by atoms with E-state index in [0.29, 0.717) is 5.69 Å². The second kappa shape index (κ2) is 9.41. The third-order valence-electron chi connectivity index (χ3n) is 5.60. The van der Waals surface area contributed by atoms with Gasteiger partial charge in [0.25, 0.3) is 5.91 Å². The number of amides is 1. The molecule has 0 spiro atoms. The van der Waals surface area contributed by atoms with Gasteiger partial charge in [-0.1, -0.05) is 18.2 Å². The highest BCUT2D eigenvalue weighted by atomic mass is 35.5. The van der Waals surface area contributed by atoms with Crippen LogP contribution in [0.1, 0.15) is 21.7 Å². The standard InChI is InChI=1S/C20H28N6O.ClH/c1-24(20(27)19-17-15-21-8-7-18(17)22-23-19)9-10-25-11-13-26(14-12-25)16-5-3-2-4-6-16;/h2-6,21H,7-15H2,1H3,(H,22,23);1H. The first kappa shape index (κ1) is 20.6. The number of benzene rings is 1. The van der Waals surface area contributed by atoms with Gasteiger partial charge in [0.05, 0.1) is 0 Å². The zero-order chi connectivity index (χ0) is 18.6. The number of piperazine rings is 1. The highest BCUT2D eigenvalue weighted by Gasteiger charge is 2.24. The molecule has 2 aliphatic rings. The Morgan fingerprint density at radius 2 is 1.93 bits per heavy atom. The van der Waals surface area contributed by atoms with Gasteiger partial charge in [-0.25, -0.2) is 0 Å². The van der Waals surface area contributed by atoms with E-state index in [9.17, 15) is 4.79 Å². The van der Waals surface area contributed by atoms with Crippen molar-refractivity contribution < 1.29 is 4.79 Å². The highest BCUT2D eigenvalue weighted by molar-refractivity contribution is 5.93. The quantitative estimate of drug-likeness (QED) is 0.787. The maximum atomic E-state index is 12.8. The van der Waals surface area contributed by atoms with E-state index < -0.39 is 0 Å². The van der Waals surface area contributed by atoms with E-state index in [1.165, 1.54) is 5.69 Å². The Balaban J connectivity index is 0.00000225. The molecule has 3 heterocycles. The van der Waals surface area contributed by atoms with Crippen molar-refractivity contribution in [2.75, 3.05) is 57.8 Å². The summed E-state index contributed by atoms with van der Waals surface area (Å²) in [6.07, 6.45) is 0.908. The summed E-state index contributed by atoms with van der Waals surface area (Å²) in [6, 6.07) is 10.6. The number of carbonyl (C=O) groups excluding carboxylic acids is 1. The van der Waals surface area contributed by atoms with Crippen LogP contribution < -0.4 is 10.2 Å². The fourth-order valence-corrected chi connectivity index (χ4v) is 3.84. The Morgan fingerprint density at radius 1 is 1.18 bits per heavy atom. The Labute approximate surface area is 172 Å². The molecule has 2 aromatic rings.